The lowest BCUT2D eigenvalue weighted by molar-refractivity contribution is -0.142. The minimum absolute atomic E-state index is 0.206. The number of aliphatic carboxylic acids is 1. The highest BCUT2D eigenvalue weighted by atomic mass is 32.2. The number of carboxylic acids is 1. The number of thioether (sulfide) groups is 1. The number of amides is 14. The van der Waals surface area contributed by atoms with Gasteiger partial charge in [0.25, 0.3) is 0 Å². The first kappa shape index (κ1) is 84.5. The van der Waals surface area contributed by atoms with E-state index in [1.54, 1.807) is 0 Å². The highest BCUT2D eigenvalue weighted by molar-refractivity contribution is 7.98. The fourth-order valence-electron chi connectivity index (χ4n) is 10.0. The quantitative estimate of drug-likeness (QED) is 0.0169. The summed E-state index contributed by atoms with van der Waals surface area (Å²) in [6.07, 6.45) is 15.9. The summed E-state index contributed by atoms with van der Waals surface area (Å²) < 4.78 is 0. The lowest BCUT2D eigenvalue weighted by Gasteiger charge is -2.27. The molecule has 0 aliphatic carbocycles. The first-order valence-corrected chi connectivity index (χ1v) is 34.7. The first-order chi connectivity index (χ1) is 51.5. The van der Waals surface area contributed by atoms with E-state index >= 15 is 0 Å². The summed E-state index contributed by atoms with van der Waals surface area (Å²) in [7, 11) is 0. The van der Waals surface area contributed by atoms with Crippen molar-refractivity contribution in [2.24, 2.45) is 11.5 Å². The lowest BCUT2D eigenvalue weighted by Crippen LogP contribution is -2.61. The number of nitrogens with zero attached hydrogens (tertiary/aromatic N) is 6. The molecule has 46 heteroatoms. The molecule has 0 saturated heterocycles. The van der Waals surface area contributed by atoms with Crippen LogP contribution in [0.3, 0.4) is 0 Å². The van der Waals surface area contributed by atoms with E-state index in [4.69, 9.17) is 16.6 Å². The molecule has 0 saturated carbocycles. The maximum absolute atomic E-state index is 14.9. The number of aromatic amines is 6. The Morgan fingerprint density at radius 3 is 0.944 bits per heavy atom. The average molecular weight is 1530 g/mol. The van der Waals surface area contributed by atoms with Gasteiger partial charge in [-0.3, -0.25) is 71.9 Å². The maximum atomic E-state index is 14.9. The molecule has 13 atom stereocenters. The van der Waals surface area contributed by atoms with Gasteiger partial charge < -0.3 is 126 Å². The molecule has 6 heterocycles. The fraction of sp³-hybridized carbons (Fsp3) is 0.468. The number of rotatable bonds is 46. The molecule has 0 bridgehead atoms. The van der Waals surface area contributed by atoms with E-state index in [1.807, 2.05) is 11.6 Å². The Hall–Kier alpha value is -12.5. The smallest absolute Gasteiger partial charge is 0.325 e. The Morgan fingerprint density at radius 1 is 0.380 bits per heavy atom. The molecule has 0 aromatic carbocycles. The van der Waals surface area contributed by atoms with Crippen LogP contribution in [0, 0.1) is 0 Å². The number of nitrogens with two attached hydrogens (primary N) is 2. The van der Waals surface area contributed by atoms with Crippen molar-refractivity contribution in [3.05, 3.63) is 109 Å². The molecule has 6 rings (SSSR count). The highest BCUT2D eigenvalue weighted by Gasteiger charge is 2.38. The third-order valence-electron chi connectivity index (χ3n) is 15.9. The van der Waals surface area contributed by atoms with Gasteiger partial charge in [0.05, 0.1) is 104 Å². The van der Waals surface area contributed by atoms with Gasteiger partial charge in [-0.1, -0.05) is 0 Å². The van der Waals surface area contributed by atoms with Crippen LogP contribution < -0.4 is 80.6 Å². The molecule has 108 heavy (non-hydrogen) atoms. The van der Waals surface area contributed by atoms with Gasteiger partial charge in [-0.2, -0.15) is 11.8 Å². The fourth-order valence-corrected chi connectivity index (χ4v) is 10.5. The van der Waals surface area contributed by atoms with E-state index in [0.29, 0.717) is 17.9 Å². The Morgan fingerprint density at radius 2 is 0.648 bits per heavy atom. The molecule has 0 fully saturated rings. The van der Waals surface area contributed by atoms with Gasteiger partial charge in [0.15, 0.2) is 0 Å². The van der Waals surface area contributed by atoms with Crippen molar-refractivity contribution in [3.8, 4) is 0 Å². The Bertz CT molecular complexity index is 3960. The number of aliphatic hydroxyl groups excluding tert-OH is 2. The van der Waals surface area contributed by atoms with Gasteiger partial charge in [0.2, 0.25) is 82.7 Å². The van der Waals surface area contributed by atoms with Crippen molar-refractivity contribution in [2.75, 3.05) is 31.8 Å². The second-order valence-electron chi connectivity index (χ2n) is 24.4. The van der Waals surface area contributed by atoms with Crippen LogP contribution in [0.15, 0.2) is 75.1 Å². The second-order valence-corrected chi connectivity index (χ2v) is 25.4. The molecular formula is C62H87N27O18S. The van der Waals surface area contributed by atoms with E-state index in [2.05, 4.69) is 124 Å². The van der Waals surface area contributed by atoms with Crippen molar-refractivity contribution in [3.63, 3.8) is 0 Å². The Kier molecular flexibility index (Phi) is 33.2. The minimum Gasteiger partial charge on any atom is -0.480 e. The van der Waals surface area contributed by atoms with Crippen LogP contribution in [0.5, 0.6) is 0 Å². The molecule has 584 valence electrons. The zero-order valence-electron chi connectivity index (χ0n) is 58.6. The molecule has 0 unspecified atom stereocenters. The Labute approximate surface area is 617 Å². The molecule has 14 amide bonds. The number of H-pyrrole nitrogens is 6. The van der Waals surface area contributed by atoms with Crippen LogP contribution in [0.25, 0.3) is 0 Å². The maximum Gasteiger partial charge on any atom is 0.325 e. The minimum atomic E-state index is -1.82. The number of carbonyl (C=O) groups excluding carboxylic acids is 14. The average Bonchev–Trinajstić information content (AvgIpc) is 1.68. The lowest BCUT2D eigenvalue weighted by atomic mass is 10.0. The third-order valence-corrected chi connectivity index (χ3v) is 16.6. The molecule has 45 nitrogen and oxygen atoms in total. The Balaban J connectivity index is 1.16. The summed E-state index contributed by atoms with van der Waals surface area (Å²) in [6, 6.07) is -19.9. The molecule has 6 aromatic heterocycles. The molecule has 26 N–H and O–H groups in total. The number of hydrogen-bond acceptors (Lipinski definition) is 25. The van der Waals surface area contributed by atoms with Crippen LogP contribution in [0.1, 0.15) is 67.8 Å². The number of imidazole rings is 6. The van der Waals surface area contributed by atoms with Crippen molar-refractivity contribution in [1.29, 1.82) is 0 Å². The number of carbonyl (C=O) groups is 15. The van der Waals surface area contributed by atoms with Crippen molar-refractivity contribution < 1.29 is 87.2 Å². The zero-order chi connectivity index (χ0) is 79.0. The van der Waals surface area contributed by atoms with Crippen molar-refractivity contribution in [1.82, 2.24) is 129 Å². The van der Waals surface area contributed by atoms with Crippen LogP contribution in [0.2, 0.25) is 0 Å². The van der Waals surface area contributed by atoms with Crippen molar-refractivity contribution >= 4 is 100 Å². The van der Waals surface area contributed by atoms with Gasteiger partial charge in [-0.15, -0.1) is 0 Å². The highest BCUT2D eigenvalue weighted by Crippen LogP contribution is 2.11. The SMILES string of the molecule is CSCC[C@H](N)C(=O)N[C@@H](C)C(=O)N[C@@H](Cc1c[nH]cn1)C(=O)N[C@@H](Cc1c[nH]cn1)C(=O)N[C@@H](Cc1c[nH]cn1)C(=O)N[C@@H](Cc1c[nH]cn1)C(=O)N[C@@H](Cc1c[nH]cn1)C(=O)N[C@@H](Cc1c[nH]cn1)C(=O)N[C@@H](C)C(=O)N[C@@H](CO)C(=O)NCC(=O)N[C@@H](CO)C(=O)N[C@@H](CC(N)=O)C(=O)N[C@@H](C)C(=O)O. The molecule has 0 spiro atoms. The predicted octanol–water partition coefficient (Wildman–Crippen LogP) is -10.2. The molecule has 0 radical (unpaired) electrons. The van der Waals surface area contributed by atoms with Crippen LogP contribution in [0.4, 0.5) is 0 Å². The monoisotopic (exact) mass is 1530 g/mol. The number of aromatic nitrogens is 12. The first-order valence-electron chi connectivity index (χ1n) is 33.3. The van der Waals surface area contributed by atoms with Gasteiger partial charge in [-0.05, 0) is 39.2 Å². The van der Waals surface area contributed by atoms with Crippen LogP contribution in [-0.2, 0) is 110 Å². The number of primary amides is 1. The van der Waals surface area contributed by atoms with E-state index in [-0.39, 0.29) is 67.0 Å². The summed E-state index contributed by atoms with van der Waals surface area (Å²) in [5.74, 6) is -15.1. The van der Waals surface area contributed by atoms with E-state index in [0.717, 1.165) is 6.92 Å². The molecule has 0 aliphatic rings. The predicted molar refractivity (Wildman–Crippen MR) is 374 cm³/mol. The van der Waals surface area contributed by atoms with Crippen LogP contribution in [-0.4, -0.2) is 274 Å². The van der Waals surface area contributed by atoms with Gasteiger partial charge >= 0.3 is 5.97 Å². The van der Waals surface area contributed by atoms with Crippen molar-refractivity contribution in [2.45, 2.75) is 151 Å². The number of hydrogen-bond donors (Lipinski definition) is 24. The van der Waals surface area contributed by atoms with Gasteiger partial charge in [0, 0.05) is 75.7 Å². The third kappa shape index (κ3) is 27.5. The van der Waals surface area contributed by atoms with E-state index in [9.17, 15) is 82.1 Å². The van der Waals surface area contributed by atoms with Gasteiger partial charge in [-0.25, -0.2) is 29.9 Å². The van der Waals surface area contributed by atoms with E-state index < -0.39 is 193 Å². The second kappa shape index (κ2) is 42.5. The molecular weight excluding hydrogens is 1440 g/mol. The number of aliphatic hydroxyl groups is 2. The van der Waals surface area contributed by atoms with Crippen LogP contribution >= 0.6 is 11.8 Å². The summed E-state index contributed by atoms with van der Waals surface area (Å²) in [5, 5.41) is 60.5. The topological polar surface area (TPSA) is 697 Å². The van der Waals surface area contributed by atoms with E-state index in [1.165, 1.54) is 101 Å². The number of nitrogens with one attached hydrogen (secondary N) is 19. The summed E-state index contributed by atoms with van der Waals surface area (Å²) in [4.78, 5) is 245. The summed E-state index contributed by atoms with van der Waals surface area (Å²) >= 11 is 1.48. The summed E-state index contributed by atoms with van der Waals surface area (Å²) in [5.41, 5.74) is 12.7. The molecule has 0 aliphatic heterocycles. The zero-order valence-corrected chi connectivity index (χ0v) is 59.4. The molecule has 6 aromatic rings. The largest absolute Gasteiger partial charge is 0.480 e. The number of carboxylic acid groups (broad SMARTS) is 1. The van der Waals surface area contributed by atoms with Gasteiger partial charge in [0.1, 0.15) is 72.5 Å². The standard InChI is InChI=1S/C62H87N27O18S/c1-29(78-52(96)38(63)5-6-108-4)50(94)82-40(8-33-15-66-24-73-33)56(100)84-42(10-35-17-68-26-75-35)58(102)86-44(12-37-19-70-28-77-37)60(104)87-43(11-36-18-69-27-76-36)59(103)85-41(9-34-16-67-25-74-34)57(101)83-39(7-32-14-65-23-72-32)54(98)79-30(2)51(95)89-46(21-90)53(97)71-20-49(93)81-47(22-91)61(105)88-45(13-48(64)92)55(99)80-31(3)62(106)107/h14-19,23-31,38-47,90-91H,5-13,20-22,63H2,1-4H3,(H2,64,92)(H,65,72)(H,66,73)(H,67,74)(H,68,75)(H,69,76)(H,70,77)(H,71,97)(H,78,96)(H,79,98)(H,80,99)(H,81,93)(H,82,94)(H,83,101)(H,84,100)(H,85,103)(H,86,102)(H,87,104)(H,88,105)(H,89,95)(H,106,107)/t29-,30-,31-,38-,39-,40-,41-,42-,43-,44-,45-,46-,47-/m0/s1. The normalized spacial score (nSPS) is 14.7. The summed E-state index contributed by atoms with van der Waals surface area (Å²) in [6.45, 7) is 0.522.